The number of rotatable bonds is 3. The molecule has 0 unspecified atom stereocenters. The largest absolute Gasteiger partial charge is 0.399 e. The standard InChI is InChI=1S/C24H24N6/c25-16-7-1-13(2-8-16)19-22(28)20(14-3-9-17(26)10-4-14)24(30)21(23(19)29)15-5-11-18(27)12-6-15/h1-12H,25-30H2. The van der Waals surface area contributed by atoms with Gasteiger partial charge in [0.1, 0.15) is 0 Å². The second-order valence-electron chi connectivity index (χ2n) is 7.23. The van der Waals surface area contributed by atoms with Crippen LogP contribution in [0.2, 0.25) is 0 Å². The van der Waals surface area contributed by atoms with Gasteiger partial charge in [0.25, 0.3) is 0 Å². The first-order valence-corrected chi connectivity index (χ1v) is 9.45. The third-order valence-corrected chi connectivity index (χ3v) is 5.21. The molecule has 30 heavy (non-hydrogen) atoms. The Morgan fingerprint density at radius 2 is 0.500 bits per heavy atom. The van der Waals surface area contributed by atoms with Gasteiger partial charge in [-0.3, -0.25) is 0 Å². The average molecular weight is 396 g/mol. The minimum Gasteiger partial charge on any atom is -0.399 e. The summed E-state index contributed by atoms with van der Waals surface area (Å²) in [6, 6.07) is 22.3. The Bertz CT molecular complexity index is 1030. The normalized spacial score (nSPS) is 10.8. The summed E-state index contributed by atoms with van der Waals surface area (Å²) < 4.78 is 0. The zero-order valence-corrected chi connectivity index (χ0v) is 16.4. The van der Waals surface area contributed by atoms with E-state index in [0.29, 0.717) is 50.8 Å². The van der Waals surface area contributed by atoms with Crippen molar-refractivity contribution in [2.45, 2.75) is 0 Å². The average Bonchev–Trinajstić information content (AvgIpc) is 2.72. The van der Waals surface area contributed by atoms with Crippen LogP contribution in [0, 0.1) is 0 Å². The van der Waals surface area contributed by atoms with E-state index in [-0.39, 0.29) is 0 Å². The monoisotopic (exact) mass is 396 g/mol. The van der Waals surface area contributed by atoms with Crippen LogP contribution in [0.3, 0.4) is 0 Å². The first-order chi connectivity index (χ1) is 14.4. The molecule has 0 aliphatic rings. The highest BCUT2D eigenvalue weighted by Gasteiger charge is 2.22. The van der Waals surface area contributed by atoms with E-state index in [1.807, 2.05) is 72.8 Å². The van der Waals surface area contributed by atoms with Gasteiger partial charge in [-0.05, 0) is 53.1 Å². The van der Waals surface area contributed by atoms with Gasteiger partial charge < -0.3 is 34.4 Å². The molecule has 0 amide bonds. The lowest BCUT2D eigenvalue weighted by atomic mass is 9.87. The quantitative estimate of drug-likeness (QED) is 0.285. The molecule has 12 N–H and O–H groups in total. The minimum atomic E-state index is 0.499. The molecule has 150 valence electrons. The van der Waals surface area contributed by atoms with Crippen LogP contribution in [0.4, 0.5) is 34.1 Å². The number of hydrogen-bond acceptors (Lipinski definition) is 6. The van der Waals surface area contributed by atoms with Crippen LogP contribution in [0.15, 0.2) is 72.8 Å². The lowest BCUT2D eigenvalue weighted by molar-refractivity contribution is 1.55. The summed E-state index contributed by atoms with van der Waals surface area (Å²) in [5.41, 5.74) is 45.7. The predicted octanol–water partition coefficient (Wildman–Crippen LogP) is 4.18. The van der Waals surface area contributed by atoms with Crippen LogP contribution < -0.4 is 34.4 Å². The lowest BCUT2D eigenvalue weighted by Gasteiger charge is -2.22. The molecule has 6 nitrogen and oxygen atoms in total. The van der Waals surface area contributed by atoms with Crippen molar-refractivity contribution in [3.8, 4) is 33.4 Å². The maximum absolute atomic E-state index is 6.65. The second kappa shape index (κ2) is 7.25. The highest BCUT2D eigenvalue weighted by molar-refractivity contribution is 6.09. The molecular formula is C24H24N6. The fraction of sp³-hybridized carbons (Fsp3) is 0. The molecule has 4 aromatic carbocycles. The van der Waals surface area contributed by atoms with Crippen LogP contribution in [0.5, 0.6) is 0 Å². The third kappa shape index (κ3) is 3.20. The lowest BCUT2D eigenvalue weighted by Crippen LogP contribution is -2.07. The van der Waals surface area contributed by atoms with Gasteiger partial charge >= 0.3 is 0 Å². The maximum atomic E-state index is 6.65. The summed E-state index contributed by atoms with van der Waals surface area (Å²) in [4.78, 5) is 0. The molecule has 0 atom stereocenters. The van der Waals surface area contributed by atoms with Gasteiger partial charge in [0, 0.05) is 33.8 Å². The van der Waals surface area contributed by atoms with E-state index in [4.69, 9.17) is 34.4 Å². The summed E-state index contributed by atoms with van der Waals surface area (Å²) >= 11 is 0. The van der Waals surface area contributed by atoms with Gasteiger partial charge in [0.05, 0.1) is 17.1 Å². The smallest absolute Gasteiger partial charge is 0.0515 e. The highest BCUT2D eigenvalue weighted by atomic mass is 14.7. The van der Waals surface area contributed by atoms with Crippen molar-refractivity contribution in [1.29, 1.82) is 0 Å². The fourth-order valence-electron chi connectivity index (χ4n) is 3.69. The fourth-order valence-corrected chi connectivity index (χ4v) is 3.69. The Kier molecular flexibility index (Phi) is 4.60. The molecule has 6 heteroatoms. The second-order valence-corrected chi connectivity index (χ2v) is 7.23. The summed E-state index contributed by atoms with van der Waals surface area (Å²) in [5, 5.41) is 0. The molecule has 0 saturated carbocycles. The van der Waals surface area contributed by atoms with E-state index >= 15 is 0 Å². The predicted molar refractivity (Wildman–Crippen MR) is 129 cm³/mol. The molecule has 0 radical (unpaired) electrons. The van der Waals surface area contributed by atoms with Crippen molar-refractivity contribution in [2.75, 3.05) is 34.4 Å². The molecule has 0 saturated heterocycles. The van der Waals surface area contributed by atoms with E-state index in [1.54, 1.807) is 0 Å². The van der Waals surface area contributed by atoms with E-state index in [0.717, 1.165) is 16.7 Å². The topological polar surface area (TPSA) is 156 Å². The first kappa shape index (κ1) is 19.0. The molecule has 4 aromatic rings. The van der Waals surface area contributed by atoms with E-state index in [1.165, 1.54) is 0 Å². The Hall–Kier alpha value is -4.32. The number of nitrogens with two attached hydrogens (primary N) is 6. The number of benzene rings is 4. The van der Waals surface area contributed by atoms with Crippen molar-refractivity contribution in [1.82, 2.24) is 0 Å². The molecule has 0 heterocycles. The van der Waals surface area contributed by atoms with Crippen molar-refractivity contribution < 1.29 is 0 Å². The van der Waals surface area contributed by atoms with Crippen LogP contribution in [-0.2, 0) is 0 Å². The number of nitrogen functional groups attached to an aromatic ring is 6. The summed E-state index contributed by atoms with van der Waals surface area (Å²) in [7, 11) is 0. The SMILES string of the molecule is Nc1ccc(-c2c(N)c(-c3ccc(N)cc3)c(N)c(-c3ccc(N)cc3)c2N)cc1. The molecule has 0 aromatic heterocycles. The van der Waals surface area contributed by atoms with Crippen LogP contribution in [-0.4, -0.2) is 0 Å². The van der Waals surface area contributed by atoms with Gasteiger partial charge in [0.2, 0.25) is 0 Å². The van der Waals surface area contributed by atoms with Crippen LogP contribution in [0.1, 0.15) is 0 Å². The van der Waals surface area contributed by atoms with Gasteiger partial charge in [0.15, 0.2) is 0 Å². The van der Waals surface area contributed by atoms with E-state index in [2.05, 4.69) is 0 Å². The Morgan fingerprint density at radius 1 is 0.300 bits per heavy atom. The molecule has 0 fully saturated rings. The van der Waals surface area contributed by atoms with Gasteiger partial charge in [-0.15, -0.1) is 0 Å². The third-order valence-electron chi connectivity index (χ3n) is 5.21. The Morgan fingerprint density at radius 3 is 0.700 bits per heavy atom. The molecule has 4 rings (SSSR count). The van der Waals surface area contributed by atoms with Crippen molar-refractivity contribution >= 4 is 34.1 Å². The van der Waals surface area contributed by atoms with Gasteiger partial charge in [-0.25, -0.2) is 0 Å². The van der Waals surface area contributed by atoms with E-state index in [9.17, 15) is 0 Å². The zero-order chi connectivity index (χ0) is 21.4. The first-order valence-electron chi connectivity index (χ1n) is 9.45. The Balaban J connectivity index is 2.08. The number of anilines is 6. The van der Waals surface area contributed by atoms with Crippen molar-refractivity contribution in [3.05, 3.63) is 72.8 Å². The number of hydrogen-bond donors (Lipinski definition) is 6. The zero-order valence-electron chi connectivity index (χ0n) is 16.4. The molecule has 0 aliphatic carbocycles. The van der Waals surface area contributed by atoms with Gasteiger partial charge in [-0.2, -0.15) is 0 Å². The van der Waals surface area contributed by atoms with Crippen LogP contribution in [0.25, 0.3) is 33.4 Å². The van der Waals surface area contributed by atoms with Crippen molar-refractivity contribution in [2.24, 2.45) is 0 Å². The summed E-state index contributed by atoms with van der Waals surface area (Å²) in [6.07, 6.45) is 0. The highest BCUT2D eigenvalue weighted by Crippen LogP contribution is 2.49. The Labute approximate surface area is 175 Å². The molecular weight excluding hydrogens is 372 g/mol. The molecule has 0 aliphatic heterocycles. The van der Waals surface area contributed by atoms with E-state index < -0.39 is 0 Å². The minimum absolute atomic E-state index is 0.499. The van der Waals surface area contributed by atoms with Crippen molar-refractivity contribution in [3.63, 3.8) is 0 Å². The maximum Gasteiger partial charge on any atom is 0.0515 e. The van der Waals surface area contributed by atoms with Gasteiger partial charge in [-0.1, -0.05) is 36.4 Å². The summed E-state index contributed by atoms with van der Waals surface area (Å²) in [5.74, 6) is 0. The molecule has 0 spiro atoms. The van der Waals surface area contributed by atoms with Crippen LogP contribution >= 0.6 is 0 Å². The summed E-state index contributed by atoms with van der Waals surface area (Å²) in [6.45, 7) is 0. The molecule has 0 bridgehead atoms.